The van der Waals surface area contributed by atoms with Crippen molar-refractivity contribution in [2.24, 2.45) is 0 Å². The Morgan fingerprint density at radius 2 is 1.72 bits per heavy atom. The SMILES string of the molecule is CCC(O)c1cccc(-c2cccc(NC)c2)c1. The molecule has 0 bridgehead atoms. The Labute approximate surface area is 108 Å². The Balaban J connectivity index is 2.38. The number of benzene rings is 2. The number of aliphatic hydroxyl groups is 1. The molecule has 0 spiro atoms. The zero-order valence-corrected chi connectivity index (χ0v) is 10.9. The number of nitrogens with one attached hydrogen (secondary N) is 1. The minimum Gasteiger partial charge on any atom is -0.388 e. The van der Waals surface area contributed by atoms with Crippen molar-refractivity contribution in [2.45, 2.75) is 19.4 Å². The fourth-order valence-electron chi connectivity index (χ4n) is 2.02. The number of rotatable bonds is 4. The second-order valence-corrected chi connectivity index (χ2v) is 4.38. The Hall–Kier alpha value is -1.80. The Morgan fingerprint density at radius 1 is 1.06 bits per heavy atom. The summed E-state index contributed by atoms with van der Waals surface area (Å²) in [6.07, 6.45) is 0.359. The summed E-state index contributed by atoms with van der Waals surface area (Å²) in [5.41, 5.74) is 4.36. The normalized spacial score (nSPS) is 12.2. The van der Waals surface area contributed by atoms with E-state index in [9.17, 15) is 5.11 Å². The monoisotopic (exact) mass is 241 g/mol. The second-order valence-electron chi connectivity index (χ2n) is 4.38. The maximum atomic E-state index is 9.89. The molecular weight excluding hydrogens is 222 g/mol. The van der Waals surface area contributed by atoms with Gasteiger partial charge in [-0.25, -0.2) is 0 Å². The van der Waals surface area contributed by atoms with Crippen LogP contribution in [-0.2, 0) is 0 Å². The predicted molar refractivity (Wildman–Crippen MR) is 76.7 cm³/mol. The maximum Gasteiger partial charge on any atom is 0.0787 e. The first-order chi connectivity index (χ1) is 8.74. The lowest BCUT2D eigenvalue weighted by Gasteiger charge is -2.11. The van der Waals surface area contributed by atoms with Gasteiger partial charge in [-0.15, -0.1) is 0 Å². The lowest BCUT2D eigenvalue weighted by molar-refractivity contribution is 0.174. The summed E-state index contributed by atoms with van der Waals surface area (Å²) in [6, 6.07) is 16.4. The molecule has 0 heterocycles. The standard InChI is InChI=1S/C16H19NO/c1-3-16(18)14-8-4-6-12(10-14)13-7-5-9-15(11-13)17-2/h4-11,16-18H,3H2,1-2H3. The number of anilines is 1. The van der Waals surface area contributed by atoms with Gasteiger partial charge in [-0.3, -0.25) is 0 Å². The van der Waals surface area contributed by atoms with Crippen molar-refractivity contribution in [1.29, 1.82) is 0 Å². The summed E-state index contributed by atoms with van der Waals surface area (Å²) in [5, 5.41) is 13.0. The molecule has 2 rings (SSSR count). The molecule has 0 aromatic heterocycles. The first-order valence-electron chi connectivity index (χ1n) is 6.30. The van der Waals surface area contributed by atoms with Gasteiger partial charge in [-0.1, -0.05) is 37.3 Å². The topological polar surface area (TPSA) is 32.3 Å². The summed E-state index contributed by atoms with van der Waals surface area (Å²) in [5.74, 6) is 0. The molecule has 2 heteroatoms. The van der Waals surface area contributed by atoms with Crippen molar-refractivity contribution < 1.29 is 5.11 Å². The van der Waals surface area contributed by atoms with E-state index in [1.165, 1.54) is 0 Å². The Morgan fingerprint density at radius 3 is 2.39 bits per heavy atom. The average Bonchev–Trinajstić information content (AvgIpc) is 2.46. The van der Waals surface area contributed by atoms with Crippen molar-refractivity contribution in [1.82, 2.24) is 0 Å². The molecule has 1 atom stereocenters. The lowest BCUT2D eigenvalue weighted by atomic mass is 9.99. The first-order valence-corrected chi connectivity index (χ1v) is 6.30. The molecule has 2 nitrogen and oxygen atoms in total. The van der Waals surface area contributed by atoms with Crippen LogP contribution in [-0.4, -0.2) is 12.2 Å². The number of aliphatic hydroxyl groups excluding tert-OH is 1. The highest BCUT2D eigenvalue weighted by Gasteiger charge is 2.06. The van der Waals surface area contributed by atoms with E-state index < -0.39 is 0 Å². The van der Waals surface area contributed by atoms with E-state index in [0.29, 0.717) is 0 Å². The van der Waals surface area contributed by atoms with Crippen LogP contribution in [0.2, 0.25) is 0 Å². The molecule has 1 unspecified atom stereocenters. The molecule has 2 aromatic carbocycles. The van der Waals surface area contributed by atoms with Crippen molar-refractivity contribution >= 4 is 5.69 Å². The molecule has 94 valence electrons. The molecule has 0 aliphatic rings. The second kappa shape index (κ2) is 5.69. The minimum atomic E-state index is -0.377. The highest BCUT2D eigenvalue weighted by atomic mass is 16.3. The number of hydrogen-bond donors (Lipinski definition) is 2. The van der Waals surface area contributed by atoms with Crippen LogP contribution in [0.3, 0.4) is 0 Å². The fourth-order valence-corrected chi connectivity index (χ4v) is 2.02. The van der Waals surface area contributed by atoms with Crippen LogP contribution < -0.4 is 5.32 Å². The van der Waals surface area contributed by atoms with Gasteiger partial charge in [0.15, 0.2) is 0 Å². The van der Waals surface area contributed by atoms with Gasteiger partial charge in [0.25, 0.3) is 0 Å². The van der Waals surface area contributed by atoms with Gasteiger partial charge in [0.05, 0.1) is 6.10 Å². The van der Waals surface area contributed by atoms with Gasteiger partial charge in [0.2, 0.25) is 0 Å². The number of hydrogen-bond acceptors (Lipinski definition) is 2. The van der Waals surface area contributed by atoms with E-state index in [2.05, 4.69) is 29.6 Å². The van der Waals surface area contributed by atoms with Gasteiger partial charge in [0, 0.05) is 12.7 Å². The van der Waals surface area contributed by atoms with Crippen molar-refractivity contribution in [3.05, 3.63) is 54.1 Å². The van der Waals surface area contributed by atoms with E-state index >= 15 is 0 Å². The molecule has 0 aliphatic heterocycles. The van der Waals surface area contributed by atoms with Gasteiger partial charge in [0.1, 0.15) is 0 Å². The van der Waals surface area contributed by atoms with Crippen LogP contribution in [0, 0.1) is 0 Å². The third-order valence-corrected chi connectivity index (χ3v) is 3.14. The molecule has 0 aliphatic carbocycles. The molecule has 0 fully saturated rings. The summed E-state index contributed by atoms with van der Waals surface area (Å²) in [6.45, 7) is 1.99. The van der Waals surface area contributed by atoms with Gasteiger partial charge >= 0.3 is 0 Å². The largest absolute Gasteiger partial charge is 0.388 e. The Kier molecular flexibility index (Phi) is 4.00. The lowest BCUT2D eigenvalue weighted by Crippen LogP contribution is -1.95. The van der Waals surface area contributed by atoms with E-state index in [1.807, 2.05) is 38.2 Å². The van der Waals surface area contributed by atoms with E-state index in [4.69, 9.17) is 0 Å². The van der Waals surface area contributed by atoms with Gasteiger partial charge in [-0.05, 0) is 41.3 Å². The summed E-state index contributed by atoms with van der Waals surface area (Å²) in [4.78, 5) is 0. The van der Waals surface area contributed by atoms with E-state index in [0.717, 1.165) is 28.8 Å². The van der Waals surface area contributed by atoms with E-state index in [1.54, 1.807) is 0 Å². The van der Waals surface area contributed by atoms with Gasteiger partial charge < -0.3 is 10.4 Å². The average molecular weight is 241 g/mol. The minimum absolute atomic E-state index is 0.377. The van der Waals surface area contributed by atoms with Crippen LogP contribution in [0.5, 0.6) is 0 Å². The maximum absolute atomic E-state index is 9.89. The third kappa shape index (κ3) is 2.71. The van der Waals surface area contributed by atoms with Crippen LogP contribution >= 0.6 is 0 Å². The predicted octanol–water partition coefficient (Wildman–Crippen LogP) is 3.84. The summed E-state index contributed by atoms with van der Waals surface area (Å²) in [7, 11) is 1.91. The summed E-state index contributed by atoms with van der Waals surface area (Å²) < 4.78 is 0. The van der Waals surface area contributed by atoms with Gasteiger partial charge in [-0.2, -0.15) is 0 Å². The van der Waals surface area contributed by atoms with Crippen LogP contribution in [0.4, 0.5) is 5.69 Å². The molecular formula is C16H19NO. The fraction of sp³-hybridized carbons (Fsp3) is 0.250. The van der Waals surface area contributed by atoms with Crippen molar-refractivity contribution in [3.63, 3.8) is 0 Å². The quantitative estimate of drug-likeness (QED) is 0.852. The van der Waals surface area contributed by atoms with Crippen LogP contribution in [0.25, 0.3) is 11.1 Å². The summed E-state index contributed by atoms with van der Waals surface area (Å²) >= 11 is 0. The zero-order chi connectivity index (χ0) is 13.0. The van der Waals surface area contributed by atoms with Crippen molar-refractivity contribution in [3.8, 4) is 11.1 Å². The smallest absolute Gasteiger partial charge is 0.0787 e. The van der Waals surface area contributed by atoms with E-state index in [-0.39, 0.29) is 6.10 Å². The highest BCUT2D eigenvalue weighted by molar-refractivity contribution is 5.68. The van der Waals surface area contributed by atoms with Crippen molar-refractivity contribution in [2.75, 3.05) is 12.4 Å². The molecule has 0 saturated carbocycles. The molecule has 2 N–H and O–H groups in total. The first kappa shape index (κ1) is 12.7. The molecule has 0 amide bonds. The molecule has 0 saturated heterocycles. The molecule has 0 radical (unpaired) electrons. The zero-order valence-electron chi connectivity index (χ0n) is 10.9. The molecule has 18 heavy (non-hydrogen) atoms. The molecule has 2 aromatic rings. The van der Waals surface area contributed by atoms with Crippen LogP contribution in [0.1, 0.15) is 25.0 Å². The Bertz CT molecular complexity index is 522. The third-order valence-electron chi connectivity index (χ3n) is 3.14. The highest BCUT2D eigenvalue weighted by Crippen LogP contribution is 2.26. The van der Waals surface area contributed by atoms with Crippen LogP contribution in [0.15, 0.2) is 48.5 Å².